The van der Waals surface area contributed by atoms with Crippen molar-refractivity contribution in [3.05, 3.63) is 58.3 Å². The molecule has 2 aromatic rings. The molecule has 94 valence electrons. The summed E-state index contributed by atoms with van der Waals surface area (Å²) >= 11 is 3.40. The van der Waals surface area contributed by atoms with E-state index >= 15 is 0 Å². The van der Waals surface area contributed by atoms with E-state index in [9.17, 15) is 4.39 Å². The molecule has 0 radical (unpaired) electrons. The quantitative estimate of drug-likeness (QED) is 0.828. The molecule has 3 N–H and O–H groups in total. The van der Waals surface area contributed by atoms with Crippen molar-refractivity contribution in [1.82, 2.24) is 0 Å². The van der Waals surface area contributed by atoms with Crippen LogP contribution in [0.1, 0.15) is 18.5 Å². The number of nitrogens with two attached hydrogens (primary N) is 1. The monoisotopic (exact) mass is 308 g/mol. The van der Waals surface area contributed by atoms with Crippen LogP contribution in [0.3, 0.4) is 0 Å². The van der Waals surface area contributed by atoms with Crippen LogP contribution in [0.25, 0.3) is 0 Å². The Balaban J connectivity index is 2.15. The third kappa shape index (κ3) is 3.01. The van der Waals surface area contributed by atoms with Crippen LogP contribution in [0.2, 0.25) is 0 Å². The second kappa shape index (κ2) is 5.40. The maximum atomic E-state index is 12.9. The SMILES string of the molecule is CC(Nc1ccc(F)cc1N)c1ccc(Br)cc1. The van der Waals surface area contributed by atoms with Gasteiger partial charge in [0.15, 0.2) is 0 Å². The average molecular weight is 309 g/mol. The average Bonchev–Trinajstić information content (AvgIpc) is 2.33. The van der Waals surface area contributed by atoms with Crippen LogP contribution in [-0.4, -0.2) is 0 Å². The van der Waals surface area contributed by atoms with Crippen LogP contribution in [0.4, 0.5) is 15.8 Å². The van der Waals surface area contributed by atoms with Gasteiger partial charge in [0.25, 0.3) is 0 Å². The van der Waals surface area contributed by atoms with Gasteiger partial charge in [-0.05, 0) is 42.8 Å². The van der Waals surface area contributed by atoms with Crippen LogP contribution in [0.5, 0.6) is 0 Å². The molecular weight excluding hydrogens is 295 g/mol. The Kier molecular flexibility index (Phi) is 3.87. The molecular formula is C14H14BrFN2. The number of hydrogen-bond donors (Lipinski definition) is 2. The molecule has 0 aromatic heterocycles. The van der Waals surface area contributed by atoms with Gasteiger partial charge in [0, 0.05) is 10.5 Å². The van der Waals surface area contributed by atoms with E-state index in [1.165, 1.54) is 12.1 Å². The third-order valence-corrected chi connectivity index (χ3v) is 3.28. The van der Waals surface area contributed by atoms with Gasteiger partial charge in [0.05, 0.1) is 11.4 Å². The molecule has 0 aliphatic carbocycles. The van der Waals surface area contributed by atoms with Gasteiger partial charge in [-0.3, -0.25) is 0 Å². The van der Waals surface area contributed by atoms with Crippen molar-refractivity contribution < 1.29 is 4.39 Å². The number of anilines is 2. The van der Waals surface area contributed by atoms with Gasteiger partial charge in [-0.15, -0.1) is 0 Å². The highest BCUT2D eigenvalue weighted by Crippen LogP contribution is 2.25. The largest absolute Gasteiger partial charge is 0.397 e. The first-order chi connectivity index (χ1) is 8.56. The van der Waals surface area contributed by atoms with Crippen molar-refractivity contribution in [3.8, 4) is 0 Å². The first-order valence-electron chi connectivity index (χ1n) is 5.63. The number of nitrogens with one attached hydrogen (secondary N) is 1. The van der Waals surface area contributed by atoms with Gasteiger partial charge in [-0.1, -0.05) is 28.1 Å². The number of rotatable bonds is 3. The van der Waals surface area contributed by atoms with Crippen molar-refractivity contribution in [2.24, 2.45) is 0 Å². The maximum Gasteiger partial charge on any atom is 0.125 e. The van der Waals surface area contributed by atoms with E-state index in [1.807, 2.05) is 31.2 Å². The fourth-order valence-corrected chi connectivity index (χ4v) is 2.00. The topological polar surface area (TPSA) is 38.0 Å². The molecule has 2 rings (SSSR count). The van der Waals surface area contributed by atoms with E-state index < -0.39 is 0 Å². The molecule has 0 aliphatic rings. The van der Waals surface area contributed by atoms with Crippen LogP contribution in [0, 0.1) is 5.82 Å². The summed E-state index contributed by atoms with van der Waals surface area (Å²) in [7, 11) is 0. The standard InChI is InChI=1S/C14H14BrFN2/c1-9(10-2-4-11(15)5-3-10)18-14-7-6-12(16)8-13(14)17/h2-9,18H,17H2,1H3. The molecule has 1 unspecified atom stereocenters. The summed E-state index contributed by atoms with van der Waals surface area (Å²) in [4.78, 5) is 0. The van der Waals surface area contributed by atoms with Gasteiger partial charge in [0.2, 0.25) is 0 Å². The second-order valence-electron chi connectivity index (χ2n) is 4.15. The Labute approximate surface area is 114 Å². The molecule has 0 aliphatic heterocycles. The highest BCUT2D eigenvalue weighted by atomic mass is 79.9. The Morgan fingerprint density at radius 1 is 1.17 bits per heavy atom. The number of nitrogen functional groups attached to an aromatic ring is 1. The van der Waals surface area contributed by atoms with Gasteiger partial charge < -0.3 is 11.1 Å². The lowest BCUT2D eigenvalue weighted by atomic mass is 10.1. The van der Waals surface area contributed by atoms with Crippen LogP contribution in [0.15, 0.2) is 46.9 Å². The maximum absolute atomic E-state index is 12.9. The van der Waals surface area contributed by atoms with Crippen molar-refractivity contribution in [3.63, 3.8) is 0 Å². The first kappa shape index (κ1) is 12.9. The molecule has 0 amide bonds. The molecule has 4 heteroatoms. The van der Waals surface area contributed by atoms with E-state index in [4.69, 9.17) is 5.73 Å². The lowest BCUT2D eigenvalue weighted by molar-refractivity contribution is 0.628. The van der Waals surface area contributed by atoms with Crippen molar-refractivity contribution in [1.29, 1.82) is 0 Å². The number of benzene rings is 2. The van der Waals surface area contributed by atoms with E-state index in [0.717, 1.165) is 15.7 Å². The zero-order valence-corrected chi connectivity index (χ0v) is 11.5. The van der Waals surface area contributed by atoms with E-state index in [1.54, 1.807) is 6.07 Å². The Bertz CT molecular complexity index is 540. The first-order valence-corrected chi connectivity index (χ1v) is 6.42. The molecule has 0 heterocycles. The van der Waals surface area contributed by atoms with Crippen LogP contribution in [-0.2, 0) is 0 Å². The van der Waals surface area contributed by atoms with E-state index in [0.29, 0.717) is 5.69 Å². The van der Waals surface area contributed by atoms with Gasteiger partial charge in [0.1, 0.15) is 5.82 Å². The molecule has 1 atom stereocenters. The lowest BCUT2D eigenvalue weighted by Gasteiger charge is -2.17. The second-order valence-corrected chi connectivity index (χ2v) is 5.06. The lowest BCUT2D eigenvalue weighted by Crippen LogP contribution is -2.08. The molecule has 0 saturated carbocycles. The number of halogens is 2. The number of hydrogen-bond acceptors (Lipinski definition) is 2. The summed E-state index contributed by atoms with van der Waals surface area (Å²) in [6.07, 6.45) is 0. The molecule has 2 nitrogen and oxygen atoms in total. The predicted molar refractivity (Wildman–Crippen MR) is 77.0 cm³/mol. The molecule has 0 fully saturated rings. The Morgan fingerprint density at radius 3 is 2.44 bits per heavy atom. The predicted octanol–water partition coefficient (Wildman–Crippen LogP) is 4.34. The summed E-state index contributed by atoms with van der Waals surface area (Å²) in [5.41, 5.74) is 8.06. The normalized spacial score (nSPS) is 12.2. The summed E-state index contributed by atoms with van der Waals surface area (Å²) in [6.45, 7) is 2.03. The summed E-state index contributed by atoms with van der Waals surface area (Å²) in [6, 6.07) is 12.5. The van der Waals surface area contributed by atoms with Crippen molar-refractivity contribution >= 4 is 27.3 Å². The van der Waals surface area contributed by atoms with Gasteiger partial charge in [-0.25, -0.2) is 4.39 Å². The Hall–Kier alpha value is -1.55. The highest BCUT2D eigenvalue weighted by molar-refractivity contribution is 9.10. The van der Waals surface area contributed by atoms with Gasteiger partial charge >= 0.3 is 0 Å². The smallest absolute Gasteiger partial charge is 0.125 e. The minimum atomic E-state index is -0.325. The summed E-state index contributed by atoms with van der Waals surface area (Å²) in [5, 5.41) is 3.27. The highest BCUT2D eigenvalue weighted by Gasteiger charge is 2.07. The minimum Gasteiger partial charge on any atom is -0.397 e. The molecule has 2 aromatic carbocycles. The Morgan fingerprint density at radius 2 is 1.83 bits per heavy atom. The zero-order valence-electron chi connectivity index (χ0n) is 9.95. The fraction of sp³-hybridized carbons (Fsp3) is 0.143. The van der Waals surface area contributed by atoms with Crippen molar-refractivity contribution in [2.75, 3.05) is 11.1 Å². The van der Waals surface area contributed by atoms with Gasteiger partial charge in [-0.2, -0.15) is 0 Å². The fourth-order valence-electron chi connectivity index (χ4n) is 1.73. The molecule has 18 heavy (non-hydrogen) atoms. The summed E-state index contributed by atoms with van der Waals surface area (Å²) < 4.78 is 14.0. The molecule has 0 bridgehead atoms. The van der Waals surface area contributed by atoms with Crippen LogP contribution >= 0.6 is 15.9 Å². The van der Waals surface area contributed by atoms with E-state index in [2.05, 4.69) is 21.2 Å². The molecule has 0 saturated heterocycles. The minimum absolute atomic E-state index is 0.103. The summed E-state index contributed by atoms with van der Waals surface area (Å²) in [5.74, 6) is -0.325. The van der Waals surface area contributed by atoms with E-state index in [-0.39, 0.29) is 11.9 Å². The zero-order chi connectivity index (χ0) is 13.1. The molecule has 0 spiro atoms. The third-order valence-electron chi connectivity index (χ3n) is 2.76. The van der Waals surface area contributed by atoms with Crippen LogP contribution < -0.4 is 11.1 Å². The van der Waals surface area contributed by atoms with Crippen molar-refractivity contribution in [2.45, 2.75) is 13.0 Å².